The number of hydrogen-bond donors (Lipinski definition) is 1. The van der Waals surface area contributed by atoms with Gasteiger partial charge >= 0.3 is 0 Å². The van der Waals surface area contributed by atoms with Gasteiger partial charge in [-0.1, -0.05) is 35.5 Å². The minimum absolute atomic E-state index is 0.0666. The van der Waals surface area contributed by atoms with E-state index in [2.05, 4.69) is 27.3 Å². The first-order chi connectivity index (χ1) is 12.5. The van der Waals surface area contributed by atoms with Crippen molar-refractivity contribution in [2.45, 2.75) is 32.1 Å². The zero-order chi connectivity index (χ0) is 18.1. The molecule has 1 saturated heterocycles. The maximum atomic E-state index is 12.7. The van der Waals surface area contributed by atoms with Gasteiger partial charge in [0.2, 0.25) is 11.7 Å². The summed E-state index contributed by atoms with van der Waals surface area (Å²) in [6.45, 7) is 5.20. The molecule has 0 spiro atoms. The Hall–Kier alpha value is -2.96. The van der Waals surface area contributed by atoms with Crippen molar-refractivity contribution in [1.82, 2.24) is 25.2 Å². The molecule has 1 fully saturated rings. The van der Waals surface area contributed by atoms with Crippen LogP contribution in [0.25, 0.3) is 11.4 Å². The van der Waals surface area contributed by atoms with Crippen LogP contribution < -0.4 is 0 Å². The minimum Gasteiger partial charge on any atom is -0.338 e. The van der Waals surface area contributed by atoms with E-state index in [9.17, 15) is 4.79 Å². The van der Waals surface area contributed by atoms with E-state index in [0.29, 0.717) is 30.5 Å². The molecule has 0 bridgehead atoms. The largest absolute Gasteiger partial charge is 0.338 e. The molecule has 1 aliphatic heterocycles. The summed E-state index contributed by atoms with van der Waals surface area (Å²) in [5, 5.41) is 11.0. The van der Waals surface area contributed by atoms with Crippen LogP contribution in [-0.2, 0) is 5.41 Å². The number of aromatic amines is 1. The fourth-order valence-electron chi connectivity index (χ4n) is 3.45. The number of benzene rings is 1. The fraction of sp³-hybridized carbons (Fsp3) is 0.368. The Morgan fingerprint density at radius 3 is 2.85 bits per heavy atom. The third-order valence-electron chi connectivity index (χ3n) is 4.88. The van der Waals surface area contributed by atoms with Crippen molar-refractivity contribution in [3.8, 4) is 11.4 Å². The van der Waals surface area contributed by atoms with Crippen LogP contribution >= 0.6 is 0 Å². The molecule has 2 aromatic heterocycles. The predicted octanol–water partition coefficient (Wildman–Crippen LogP) is 2.96. The highest BCUT2D eigenvalue weighted by Gasteiger charge is 2.39. The van der Waals surface area contributed by atoms with Crippen molar-refractivity contribution in [3.05, 3.63) is 53.7 Å². The van der Waals surface area contributed by atoms with Gasteiger partial charge in [0, 0.05) is 24.3 Å². The van der Waals surface area contributed by atoms with Crippen molar-refractivity contribution in [2.75, 3.05) is 13.1 Å². The second-order valence-corrected chi connectivity index (χ2v) is 7.12. The van der Waals surface area contributed by atoms with Crippen LogP contribution in [-0.4, -0.2) is 44.2 Å². The van der Waals surface area contributed by atoms with Gasteiger partial charge in [-0.2, -0.15) is 10.1 Å². The van der Waals surface area contributed by atoms with E-state index in [0.717, 1.165) is 24.1 Å². The van der Waals surface area contributed by atoms with Gasteiger partial charge in [-0.25, -0.2) is 0 Å². The van der Waals surface area contributed by atoms with Crippen LogP contribution in [0.5, 0.6) is 0 Å². The van der Waals surface area contributed by atoms with Crippen molar-refractivity contribution < 1.29 is 9.32 Å². The normalized spacial score (nSPS) is 20.3. The van der Waals surface area contributed by atoms with Crippen LogP contribution in [0.4, 0.5) is 0 Å². The molecular weight excluding hydrogens is 330 g/mol. The van der Waals surface area contributed by atoms with E-state index in [1.165, 1.54) is 0 Å². The quantitative estimate of drug-likeness (QED) is 0.784. The number of nitrogens with zero attached hydrogens (tertiary/aromatic N) is 4. The molecule has 134 valence electrons. The maximum absolute atomic E-state index is 12.7. The van der Waals surface area contributed by atoms with E-state index < -0.39 is 0 Å². The number of likely N-dealkylation sites (tertiary alicyclic amines) is 1. The number of rotatable bonds is 3. The minimum atomic E-state index is -0.362. The van der Waals surface area contributed by atoms with Crippen molar-refractivity contribution in [2.24, 2.45) is 0 Å². The molecule has 0 radical (unpaired) electrons. The van der Waals surface area contributed by atoms with E-state index in [4.69, 9.17) is 4.52 Å². The highest BCUT2D eigenvalue weighted by atomic mass is 16.5. The number of carbonyl (C=O) groups excluding carboxylic acids is 1. The predicted molar refractivity (Wildman–Crippen MR) is 95.5 cm³/mol. The molecule has 1 amide bonds. The number of aryl methyl sites for hydroxylation is 1. The molecule has 3 heterocycles. The first-order valence-electron chi connectivity index (χ1n) is 8.76. The third-order valence-corrected chi connectivity index (χ3v) is 4.88. The standard InChI is InChI=1S/C19H21N5O2/c1-13-11-15(22-21-13)17(25)24-10-6-9-19(2,12-24)18-20-16(23-26-18)14-7-4-3-5-8-14/h3-5,7-8,11H,6,9-10,12H2,1-2H3,(H,21,22). The Labute approximate surface area is 151 Å². The Morgan fingerprint density at radius 2 is 2.12 bits per heavy atom. The third kappa shape index (κ3) is 3.00. The van der Waals surface area contributed by atoms with Gasteiger partial charge in [0.25, 0.3) is 5.91 Å². The number of carbonyl (C=O) groups is 1. The van der Waals surface area contributed by atoms with Crippen molar-refractivity contribution >= 4 is 5.91 Å². The van der Waals surface area contributed by atoms with Crippen LogP contribution in [0.2, 0.25) is 0 Å². The molecule has 1 unspecified atom stereocenters. The number of amides is 1. The smallest absolute Gasteiger partial charge is 0.274 e. The van der Waals surface area contributed by atoms with E-state index in [1.807, 2.05) is 42.2 Å². The number of H-pyrrole nitrogens is 1. The zero-order valence-electron chi connectivity index (χ0n) is 14.9. The monoisotopic (exact) mass is 351 g/mol. The molecule has 1 aliphatic rings. The Bertz CT molecular complexity index is 917. The summed E-state index contributed by atoms with van der Waals surface area (Å²) < 4.78 is 5.58. The summed E-state index contributed by atoms with van der Waals surface area (Å²) in [6.07, 6.45) is 1.78. The summed E-state index contributed by atoms with van der Waals surface area (Å²) in [7, 11) is 0. The van der Waals surface area contributed by atoms with Gasteiger partial charge in [-0.15, -0.1) is 0 Å². The van der Waals surface area contributed by atoms with Gasteiger partial charge in [-0.3, -0.25) is 9.89 Å². The number of piperidine rings is 1. The summed E-state index contributed by atoms with van der Waals surface area (Å²) in [6, 6.07) is 11.5. The lowest BCUT2D eigenvalue weighted by molar-refractivity contribution is 0.0614. The first kappa shape index (κ1) is 16.5. The number of hydrogen-bond acceptors (Lipinski definition) is 5. The SMILES string of the molecule is Cc1cc(C(=O)N2CCCC(C)(c3nc(-c4ccccc4)no3)C2)n[nH]1. The van der Waals surface area contributed by atoms with E-state index in [-0.39, 0.29) is 11.3 Å². The summed E-state index contributed by atoms with van der Waals surface area (Å²) >= 11 is 0. The van der Waals surface area contributed by atoms with Crippen LogP contribution in [0, 0.1) is 6.92 Å². The summed E-state index contributed by atoms with van der Waals surface area (Å²) in [5.41, 5.74) is 1.88. The molecule has 3 aromatic rings. The molecule has 0 saturated carbocycles. The average Bonchev–Trinajstić information content (AvgIpc) is 3.32. The number of nitrogens with one attached hydrogen (secondary N) is 1. The molecule has 1 atom stereocenters. The molecule has 7 heteroatoms. The van der Waals surface area contributed by atoms with Gasteiger partial charge in [-0.05, 0) is 32.8 Å². The fourth-order valence-corrected chi connectivity index (χ4v) is 3.45. The molecule has 4 rings (SSSR count). The van der Waals surface area contributed by atoms with Gasteiger partial charge < -0.3 is 9.42 Å². The van der Waals surface area contributed by atoms with Crippen LogP contribution in [0.3, 0.4) is 0 Å². The van der Waals surface area contributed by atoms with Gasteiger partial charge in [0.1, 0.15) is 5.69 Å². The van der Waals surface area contributed by atoms with Gasteiger partial charge in [0.15, 0.2) is 0 Å². The lowest BCUT2D eigenvalue weighted by Gasteiger charge is -2.37. The van der Waals surface area contributed by atoms with Crippen molar-refractivity contribution in [3.63, 3.8) is 0 Å². The second kappa shape index (κ2) is 6.40. The zero-order valence-corrected chi connectivity index (χ0v) is 14.9. The van der Waals surface area contributed by atoms with E-state index in [1.54, 1.807) is 6.07 Å². The number of aromatic nitrogens is 4. The van der Waals surface area contributed by atoms with Crippen LogP contribution in [0.1, 0.15) is 41.8 Å². The molecule has 0 aliphatic carbocycles. The van der Waals surface area contributed by atoms with Gasteiger partial charge in [0.05, 0.1) is 5.41 Å². The average molecular weight is 351 g/mol. The molecule has 7 nitrogen and oxygen atoms in total. The molecule has 1 aromatic carbocycles. The first-order valence-corrected chi connectivity index (χ1v) is 8.76. The van der Waals surface area contributed by atoms with E-state index >= 15 is 0 Å². The molecule has 1 N–H and O–H groups in total. The highest BCUT2D eigenvalue weighted by Crippen LogP contribution is 2.34. The second-order valence-electron chi connectivity index (χ2n) is 7.12. The molecular formula is C19H21N5O2. The summed E-state index contributed by atoms with van der Waals surface area (Å²) in [5.74, 6) is 1.09. The summed E-state index contributed by atoms with van der Waals surface area (Å²) in [4.78, 5) is 19.2. The lowest BCUT2D eigenvalue weighted by Crippen LogP contribution is -2.47. The Morgan fingerprint density at radius 1 is 1.31 bits per heavy atom. The topological polar surface area (TPSA) is 87.9 Å². The Balaban J connectivity index is 1.56. The molecule has 26 heavy (non-hydrogen) atoms. The van der Waals surface area contributed by atoms with Crippen molar-refractivity contribution in [1.29, 1.82) is 0 Å². The lowest BCUT2D eigenvalue weighted by atomic mass is 9.81. The Kier molecular flexibility index (Phi) is 4.06. The maximum Gasteiger partial charge on any atom is 0.274 e. The van der Waals surface area contributed by atoms with Crippen LogP contribution in [0.15, 0.2) is 40.9 Å². The highest BCUT2D eigenvalue weighted by molar-refractivity contribution is 5.92.